The fraction of sp³-hybridized carbons (Fsp3) is 0.500. The zero-order valence-corrected chi connectivity index (χ0v) is 14.6. The number of amides is 2. The fourth-order valence-electron chi connectivity index (χ4n) is 3.03. The summed E-state index contributed by atoms with van der Waals surface area (Å²) in [6, 6.07) is 8.46. The third-order valence-electron chi connectivity index (χ3n) is 4.11. The maximum absolute atomic E-state index is 12.4. The first-order chi connectivity index (χ1) is 11.0. The highest BCUT2D eigenvalue weighted by Crippen LogP contribution is 2.17. The number of likely N-dealkylation sites (N-methyl/N-ethyl adjacent to an activating group) is 2. The quantitative estimate of drug-likeness (QED) is 0.825. The number of aromatic nitrogens is 1. The summed E-state index contributed by atoms with van der Waals surface area (Å²) in [5.74, 6) is 0. The molecular weight excluding hydrogens is 288 g/mol. The predicted octanol–water partition coefficient (Wildman–Crippen LogP) is 2.69. The van der Waals surface area contributed by atoms with Crippen LogP contribution in [0, 0.1) is 0 Å². The Labute approximate surface area is 138 Å². The number of carbonyl (C=O) groups is 1. The van der Waals surface area contributed by atoms with Crippen molar-refractivity contribution >= 4 is 16.9 Å². The third-order valence-corrected chi connectivity index (χ3v) is 4.11. The molecule has 0 unspecified atom stereocenters. The van der Waals surface area contributed by atoms with E-state index in [0.29, 0.717) is 13.1 Å². The molecule has 0 aliphatic heterocycles. The summed E-state index contributed by atoms with van der Waals surface area (Å²) < 4.78 is 0. The number of hydrogen-bond donors (Lipinski definition) is 2. The van der Waals surface area contributed by atoms with Gasteiger partial charge in [-0.1, -0.05) is 18.2 Å². The van der Waals surface area contributed by atoms with Gasteiger partial charge in [-0.15, -0.1) is 0 Å². The number of H-pyrrole nitrogens is 1. The maximum Gasteiger partial charge on any atom is 0.317 e. The van der Waals surface area contributed by atoms with Gasteiger partial charge >= 0.3 is 6.03 Å². The first-order valence-corrected chi connectivity index (χ1v) is 8.27. The van der Waals surface area contributed by atoms with Crippen molar-refractivity contribution in [2.24, 2.45) is 0 Å². The van der Waals surface area contributed by atoms with Gasteiger partial charge in [-0.3, -0.25) is 0 Å². The van der Waals surface area contributed by atoms with Gasteiger partial charge in [0.05, 0.1) is 0 Å². The molecule has 2 amide bonds. The molecule has 1 aromatic heterocycles. The number of urea groups is 1. The molecule has 1 aromatic carbocycles. The molecule has 126 valence electrons. The van der Waals surface area contributed by atoms with Crippen molar-refractivity contribution in [3.8, 4) is 0 Å². The van der Waals surface area contributed by atoms with Crippen LogP contribution in [0.25, 0.3) is 10.9 Å². The molecule has 0 saturated carbocycles. The van der Waals surface area contributed by atoms with Gasteiger partial charge in [-0.2, -0.15) is 0 Å². The monoisotopic (exact) mass is 316 g/mol. The fourth-order valence-corrected chi connectivity index (χ4v) is 3.03. The van der Waals surface area contributed by atoms with Gasteiger partial charge in [0.1, 0.15) is 0 Å². The van der Waals surface area contributed by atoms with Crippen molar-refractivity contribution in [3.63, 3.8) is 0 Å². The molecule has 1 heterocycles. The van der Waals surface area contributed by atoms with Crippen molar-refractivity contribution in [1.29, 1.82) is 0 Å². The van der Waals surface area contributed by atoms with E-state index in [9.17, 15) is 4.79 Å². The molecular formula is C18H28N4O. The van der Waals surface area contributed by atoms with Crippen LogP contribution >= 0.6 is 0 Å². The topological polar surface area (TPSA) is 51.4 Å². The number of fused-ring (bicyclic) bond motifs is 1. The van der Waals surface area contributed by atoms with Gasteiger partial charge in [-0.05, 0) is 46.0 Å². The lowest BCUT2D eigenvalue weighted by Gasteiger charge is -2.30. The average Bonchev–Trinajstić information content (AvgIpc) is 2.91. The van der Waals surface area contributed by atoms with Crippen LogP contribution in [0.5, 0.6) is 0 Å². The second kappa shape index (κ2) is 8.02. The normalized spacial score (nSPS) is 12.6. The van der Waals surface area contributed by atoms with E-state index in [1.807, 2.05) is 44.2 Å². The van der Waals surface area contributed by atoms with E-state index < -0.39 is 0 Å². The zero-order valence-electron chi connectivity index (χ0n) is 14.6. The molecule has 0 bridgehead atoms. The van der Waals surface area contributed by atoms with Crippen LogP contribution in [0.4, 0.5) is 4.79 Å². The second-order valence-electron chi connectivity index (χ2n) is 6.24. The summed E-state index contributed by atoms with van der Waals surface area (Å²) in [5.41, 5.74) is 2.38. The lowest BCUT2D eigenvalue weighted by molar-refractivity contribution is 0.169. The summed E-state index contributed by atoms with van der Waals surface area (Å²) in [7, 11) is 4.05. The molecule has 2 rings (SSSR count). The molecule has 0 saturated heterocycles. The Kier molecular flexibility index (Phi) is 6.04. The minimum Gasteiger partial charge on any atom is -0.361 e. The van der Waals surface area contributed by atoms with Crippen LogP contribution in [0.15, 0.2) is 30.5 Å². The Morgan fingerprint density at radius 1 is 1.30 bits per heavy atom. The predicted molar refractivity (Wildman–Crippen MR) is 95.8 cm³/mol. The number of benzene rings is 1. The smallest absolute Gasteiger partial charge is 0.317 e. The largest absolute Gasteiger partial charge is 0.361 e. The Morgan fingerprint density at radius 3 is 2.74 bits per heavy atom. The molecule has 0 spiro atoms. The zero-order chi connectivity index (χ0) is 16.8. The highest BCUT2D eigenvalue weighted by atomic mass is 16.2. The van der Waals surface area contributed by atoms with E-state index in [1.54, 1.807) is 0 Å². The molecule has 5 heteroatoms. The molecule has 5 nitrogen and oxygen atoms in total. The van der Waals surface area contributed by atoms with Crippen LogP contribution in [0.3, 0.4) is 0 Å². The van der Waals surface area contributed by atoms with Gasteiger partial charge in [0.15, 0.2) is 0 Å². The van der Waals surface area contributed by atoms with Gasteiger partial charge in [0, 0.05) is 42.8 Å². The van der Waals surface area contributed by atoms with E-state index in [-0.39, 0.29) is 12.1 Å². The molecule has 0 aliphatic rings. The van der Waals surface area contributed by atoms with Crippen LogP contribution in [0.1, 0.15) is 19.4 Å². The summed E-state index contributed by atoms with van der Waals surface area (Å²) >= 11 is 0. The van der Waals surface area contributed by atoms with Crippen LogP contribution in [-0.4, -0.2) is 60.6 Å². The van der Waals surface area contributed by atoms with E-state index in [2.05, 4.69) is 34.3 Å². The van der Waals surface area contributed by atoms with Crippen LogP contribution < -0.4 is 5.32 Å². The van der Waals surface area contributed by atoms with Crippen LogP contribution in [-0.2, 0) is 6.42 Å². The van der Waals surface area contributed by atoms with E-state index >= 15 is 0 Å². The maximum atomic E-state index is 12.4. The second-order valence-corrected chi connectivity index (χ2v) is 6.24. The highest BCUT2D eigenvalue weighted by molar-refractivity contribution is 5.83. The molecule has 0 aliphatic carbocycles. The Morgan fingerprint density at radius 2 is 2.04 bits per heavy atom. The van der Waals surface area contributed by atoms with E-state index in [4.69, 9.17) is 0 Å². The Bertz CT molecular complexity index is 635. The molecule has 2 aromatic rings. The van der Waals surface area contributed by atoms with Crippen molar-refractivity contribution in [1.82, 2.24) is 20.1 Å². The number of nitrogens with zero attached hydrogens (tertiary/aromatic N) is 2. The third kappa shape index (κ3) is 4.48. The van der Waals surface area contributed by atoms with Crippen molar-refractivity contribution in [2.45, 2.75) is 26.3 Å². The first-order valence-electron chi connectivity index (χ1n) is 8.27. The summed E-state index contributed by atoms with van der Waals surface area (Å²) in [6.07, 6.45) is 2.86. The molecule has 0 fully saturated rings. The van der Waals surface area contributed by atoms with Gasteiger partial charge in [0.25, 0.3) is 0 Å². The van der Waals surface area contributed by atoms with Gasteiger partial charge < -0.3 is 20.1 Å². The van der Waals surface area contributed by atoms with Crippen molar-refractivity contribution < 1.29 is 4.79 Å². The summed E-state index contributed by atoms with van der Waals surface area (Å²) in [4.78, 5) is 19.6. The van der Waals surface area contributed by atoms with Crippen molar-refractivity contribution in [2.75, 3.05) is 33.7 Å². The number of hydrogen-bond acceptors (Lipinski definition) is 2. The van der Waals surface area contributed by atoms with Crippen molar-refractivity contribution in [3.05, 3.63) is 36.0 Å². The number of carbonyl (C=O) groups excluding carboxylic acids is 1. The number of para-hydroxylation sites is 1. The Hall–Kier alpha value is -2.01. The highest BCUT2D eigenvalue weighted by Gasteiger charge is 2.18. The molecule has 0 radical (unpaired) electrons. The summed E-state index contributed by atoms with van der Waals surface area (Å²) in [5, 5.41) is 4.28. The molecule has 23 heavy (non-hydrogen) atoms. The minimum atomic E-state index is 0.0155. The molecule has 1 atom stereocenters. The van der Waals surface area contributed by atoms with Gasteiger partial charge in [0.2, 0.25) is 0 Å². The lowest BCUT2D eigenvalue weighted by atomic mass is 10.1. The standard InChI is InChI=1S/C18H28N4O/c1-5-22(14(2)13-21(3)4)18(23)19-11-10-15-12-20-17-9-7-6-8-16(15)17/h6-9,12,14,20H,5,10-11,13H2,1-4H3,(H,19,23)/t14-/m1/s1. The number of aromatic amines is 1. The first kappa shape index (κ1) is 17.3. The van der Waals surface area contributed by atoms with E-state index in [1.165, 1.54) is 10.9 Å². The van der Waals surface area contributed by atoms with Gasteiger partial charge in [-0.25, -0.2) is 4.79 Å². The van der Waals surface area contributed by atoms with Crippen LogP contribution in [0.2, 0.25) is 0 Å². The summed E-state index contributed by atoms with van der Waals surface area (Å²) in [6.45, 7) is 6.33. The SMILES string of the molecule is CCN(C(=O)NCCc1c[nH]c2ccccc12)[C@H](C)CN(C)C. The molecule has 2 N–H and O–H groups in total. The number of nitrogens with one attached hydrogen (secondary N) is 2. The Balaban J connectivity index is 1.88. The minimum absolute atomic E-state index is 0.0155. The number of rotatable bonds is 7. The lowest BCUT2D eigenvalue weighted by Crippen LogP contribution is -2.48. The van der Waals surface area contributed by atoms with E-state index in [0.717, 1.165) is 18.5 Å². The average molecular weight is 316 g/mol.